The lowest BCUT2D eigenvalue weighted by Gasteiger charge is -2.23. The van der Waals surface area contributed by atoms with E-state index in [9.17, 15) is 0 Å². The molecule has 0 radical (unpaired) electrons. The van der Waals surface area contributed by atoms with Crippen molar-refractivity contribution in [2.75, 3.05) is 56.0 Å². The van der Waals surface area contributed by atoms with Crippen molar-refractivity contribution < 1.29 is 4.74 Å². The van der Waals surface area contributed by atoms with Gasteiger partial charge in [-0.05, 0) is 13.3 Å². The van der Waals surface area contributed by atoms with E-state index in [1.807, 2.05) is 26.0 Å². The van der Waals surface area contributed by atoms with Gasteiger partial charge in [0.25, 0.3) is 0 Å². The summed E-state index contributed by atoms with van der Waals surface area (Å²) < 4.78 is 5.65. The van der Waals surface area contributed by atoms with E-state index in [4.69, 9.17) is 4.74 Å². The third kappa shape index (κ3) is 3.44. The lowest BCUT2D eigenvalue weighted by atomic mass is 10.3. The average Bonchev–Trinajstić information content (AvgIpc) is 2.62. The van der Waals surface area contributed by atoms with E-state index in [1.165, 1.54) is 0 Å². The maximum Gasteiger partial charge on any atom is 0.232 e. The molecule has 1 fully saturated rings. The summed E-state index contributed by atoms with van der Waals surface area (Å²) in [4.78, 5) is 17.3. The van der Waals surface area contributed by atoms with Gasteiger partial charge >= 0.3 is 0 Å². The van der Waals surface area contributed by atoms with Crippen LogP contribution in [0.2, 0.25) is 0 Å². The summed E-state index contributed by atoms with van der Waals surface area (Å²) >= 11 is 0. The van der Waals surface area contributed by atoms with Gasteiger partial charge in [-0.3, -0.25) is 0 Å². The summed E-state index contributed by atoms with van der Waals surface area (Å²) in [7, 11) is 5.66. The minimum Gasteiger partial charge on any atom is -0.377 e. The van der Waals surface area contributed by atoms with Crippen molar-refractivity contribution in [2.45, 2.75) is 19.4 Å². The molecular weight excluding hydrogens is 244 g/mol. The molecule has 7 heteroatoms. The summed E-state index contributed by atoms with van der Waals surface area (Å²) in [6.45, 7) is 4.58. The maximum absolute atomic E-state index is 5.65. The van der Waals surface area contributed by atoms with Crippen LogP contribution < -0.4 is 15.1 Å². The molecule has 2 rings (SSSR count). The molecule has 0 saturated carbocycles. The molecule has 1 aliphatic rings. The lowest BCUT2D eigenvalue weighted by molar-refractivity contribution is 0.0820. The van der Waals surface area contributed by atoms with E-state index in [0.717, 1.165) is 26.1 Å². The van der Waals surface area contributed by atoms with Crippen LogP contribution in [-0.2, 0) is 4.74 Å². The Balaban J connectivity index is 2.28. The first kappa shape index (κ1) is 13.8. The van der Waals surface area contributed by atoms with E-state index in [1.54, 1.807) is 0 Å². The molecule has 106 valence electrons. The molecule has 1 aromatic heterocycles. The predicted octanol–water partition coefficient (Wildman–Crippen LogP) is 0.595. The Labute approximate surface area is 114 Å². The zero-order chi connectivity index (χ0) is 13.8. The van der Waals surface area contributed by atoms with Crippen molar-refractivity contribution in [3.8, 4) is 0 Å². The Morgan fingerprint density at radius 1 is 1.32 bits per heavy atom. The van der Waals surface area contributed by atoms with Crippen molar-refractivity contribution >= 4 is 17.8 Å². The van der Waals surface area contributed by atoms with Crippen molar-refractivity contribution in [1.29, 1.82) is 0 Å². The summed E-state index contributed by atoms with van der Waals surface area (Å²) in [5, 5.41) is 2.98. The SMILES string of the molecule is CNc1nc(N(C)C)nc(N2CCCOC(C)C2)n1. The molecule has 19 heavy (non-hydrogen) atoms. The van der Waals surface area contributed by atoms with Crippen LogP contribution in [0.1, 0.15) is 13.3 Å². The highest BCUT2D eigenvalue weighted by atomic mass is 16.5. The van der Waals surface area contributed by atoms with Crippen LogP contribution in [0.15, 0.2) is 0 Å². The molecule has 0 aliphatic carbocycles. The summed E-state index contributed by atoms with van der Waals surface area (Å²) in [6.07, 6.45) is 1.18. The second kappa shape index (κ2) is 6.01. The molecule has 1 aromatic rings. The molecular formula is C12H22N6O. The van der Waals surface area contributed by atoms with Crippen LogP contribution in [0.3, 0.4) is 0 Å². The van der Waals surface area contributed by atoms with E-state index in [2.05, 4.69) is 32.1 Å². The maximum atomic E-state index is 5.65. The number of ether oxygens (including phenoxy) is 1. The van der Waals surface area contributed by atoms with Crippen LogP contribution in [0.4, 0.5) is 17.8 Å². The molecule has 7 nitrogen and oxygen atoms in total. The first-order chi connectivity index (χ1) is 9.10. The van der Waals surface area contributed by atoms with E-state index in [0.29, 0.717) is 17.8 Å². The normalized spacial score (nSPS) is 20.0. The van der Waals surface area contributed by atoms with Gasteiger partial charge in [-0.2, -0.15) is 15.0 Å². The zero-order valence-corrected chi connectivity index (χ0v) is 12.1. The Morgan fingerprint density at radius 3 is 2.79 bits per heavy atom. The van der Waals surface area contributed by atoms with Crippen LogP contribution in [0.5, 0.6) is 0 Å². The van der Waals surface area contributed by atoms with Gasteiger partial charge in [0.2, 0.25) is 17.8 Å². The smallest absolute Gasteiger partial charge is 0.232 e. The van der Waals surface area contributed by atoms with Gasteiger partial charge in [0.15, 0.2) is 0 Å². The fourth-order valence-electron chi connectivity index (χ4n) is 1.98. The second-order valence-electron chi connectivity index (χ2n) is 4.88. The molecule has 0 amide bonds. The van der Waals surface area contributed by atoms with Gasteiger partial charge in [0.1, 0.15) is 0 Å². The van der Waals surface area contributed by atoms with Gasteiger partial charge < -0.3 is 19.9 Å². The monoisotopic (exact) mass is 266 g/mol. The van der Waals surface area contributed by atoms with Crippen molar-refractivity contribution in [2.24, 2.45) is 0 Å². The minimum absolute atomic E-state index is 0.195. The standard InChI is InChI=1S/C12H22N6O/c1-9-8-18(6-5-7-19-9)12-15-10(13-2)14-11(16-12)17(3)4/h9H,5-8H2,1-4H3,(H,13,14,15,16). The highest BCUT2D eigenvalue weighted by Gasteiger charge is 2.19. The van der Waals surface area contributed by atoms with E-state index in [-0.39, 0.29) is 6.10 Å². The Morgan fingerprint density at radius 2 is 2.11 bits per heavy atom. The fourth-order valence-corrected chi connectivity index (χ4v) is 1.98. The Hall–Kier alpha value is -1.63. The van der Waals surface area contributed by atoms with Gasteiger partial charge in [-0.25, -0.2) is 0 Å². The molecule has 2 heterocycles. The van der Waals surface area contributed by atoms with Crippen molar-refractivity contribution in [1.82, 2.24) is 15.0 Å². The summed E-state index contributed by atoms with van der Waals surface area (Å²) in [5.41, 5.74) is 0. The quantitative estimate of drug-likeness (QED) is 0.859. The zero-order valence-electron chi connectivity index (χ0n) is 12.1. The summed E-state index contributed by atoms with van der Waals surface area (Å²) in [6, 6.07) is 0. The molecule has 1 unspecified atom stereocenters. The number of rotatable bonds is 3. The third-order valence-electron chi connectivity index (χ3n) is 2.97. The second-order valence-corrected chi connectivity index (χ2v) is 4.88. The van der Waals surface area contributed by atoms with Crippen LogP contribution >= 0.6 is 0 Å². The minimum atomic E-state index is 0.195. The third-order valence-corrected chi connectivity index (χ3v) is 2.97. The van der Waals surface area contributed by atoms with Gasteiger partial charge in [-0.1, -0.05) is 0 Å². The molecule has 0 aromatic carbocycles. The van der Waals surface area contributed by atoms with E-state index >= 15 is 0 Å². The molecule has 0 bridgehead atoms. The van der Waals surface area contributed by atoms with Crippen LogP contribution in [0.25, 0.3) is 0 Å². The highest BCUT2D eigenvalue weighted by Crippen LogP contribution is 2.17. The van der Waals surface area contributed by atoms with Crippen LogP contribution in [0, 0.1) is 0 Å². The van der Waals surface area contributed by atoms with E-state index < -0.39 is 0 Å². The van der Waals surface area contributed by atoms with Crippen molar-refractivity contribution in [3.05, 3.63) is 0 Å². The Kier molecular flexibility index (Phi) is 4.36. The average molecular weight is 266 g/mol. The van der Waals surface area contributed by atoms with Crippen LogP contribution in [-0.4, -0.2) is 61.9 Å². The summed E-state index contributed by atoms with van der Waals surface area (Å²) in [5.74, 6) is 1.96. The molecule has 1 N–H and O–H groups in total. The first-order valence-corrected chi connectivity index (χ1v) is 6.58. The molecule has 0 spiro atoms. The number of nitrogens with one attached hydrogen (secondary N) is 1. The predicted molar refractivity (Wildman–Crippen MR) is 75.9 cm³/mol. The lowest BCUT2D eigenvalue weighted by Crippen LogP contribution is -2.32. The fraction of sp³-hybridized carbons (Fsp3) is 0.750. The topological polar surface area (TPSA) is 66.4 Å². The number of hydrogen-bond acceptors (Lipinski definition) is 7. The molecule has 1 aliphatic heterocycles. The first-order valence-electron chi connectivity index (χ1n) is 6.58. The highest BCUT2D eigenvalue weighted by molar-refractivity contribution is 5.44. The van der Waals surface area contributed by atoms with Gasteiger partial charge in [-0.15, -0.1) is 0 Å². The number of nitrogens with zero attached hydrogens (tertiary/aromatic N) is 5. The number of hydrogen-bond donors (Lipinski definition) is 1. The molecule has 1 saturated heterocycles. The van der Waals surface area contributed by atoms with Gasteiger partial charge in [0, 0.05) is 40.8 Å². The number of aromatic nitrogens is 3. The largest absolute Gasteiger partial charge is 0.377 e. The number of anilines is 3. The molecule has 1 atom stereocenters. The van der Waals surface area contributed by atoms with Gasteiger partial charge in [0.05, 0.1) is 6.10 Å². The van der Waals surface area contributed by atoms with Crippen molar-refractivity contribution in [3.63, 3.8) is 0 Å². The Bertz CT molecular complexity index is 425.